The minimum absolute atomic E-state index is 0.0347. The van der Waals surface area contributed by atoms with E-state index < -0.39 is 0 Å². The number of fused-ring (bicyclic) bond motifs is 1. The number of benzene rings is 3. The molecular weight excluding hydrogens is 430 g/mol. The molecule has 174 valence electrons. The molecule has 4 heteroatoms. The Morgan fingerprint density at radius 1 is 0.829 bits per heavy atom. The number of carbonyl (C=O) groups is 1. The molecular formula is C31H29N3O. The van der Waals surface area contributed by atoms with Crippen LogP contribution in [0.3, 0.4) is 0 Å². The highest BCUT2D eigenvalue weighted by Crippen LogP contribution is 2.28. The second kappa shape index (κ2) is 9.59. The second-order valence-corrected chi connectivity index (χ2v) is 9.12. The third kappa shape index (κ3) is 4.73. The van der Waals surface area contributed by atoms with Gasteiger partial charge < -0.3 is 9.30 Å². The molecule has 0 aliphatic rings. The first-order chi connectivity index (χ1) is 17.0. The van der Waals surface area contributed by atoms with E-state index in [1.54, 1.807) is 0 Å². The summed E-state index contributed by atoms with van der Waals surface area (Å²) in [5.41, 5.74) is 9.23. The molecule has 2 aromatic heterocycles. The second-order valence-electron chi connectivity index (χ2n) is 9.12. The average Bonchev–Trinajstić information content (AvgIpc) is 3.22. The van der Waals surface area contributed by atoms with Gasteiger partial charge in [-0.1, -0.05) is 60.7 Å². The summed E-state index contributed by atoms with van der Waals surface area (Å²) >= 11 is 0. The molecule has 4 nitrogen and oxygen atoms in total. The quantitative estimate of drug-likeness (QED) is 0.283. The summed E-state index contributed by atoms with van der Waals surface area (Å²) in [5, 5.41) is 0. The van der Waals surface area contributed by atoms with Gasteiger partial charge in [0, 0.05) is 17.4 Å². The first-order valence-electron chi connectivity index (χ1n) is 11.9. The molecule has 0 fully saturated rings. The molecule has 0 aliphatic carbocycles. The number of rotatable bonds is 6. The lowest BCUT2D eigenvalue weighted by atomic mass is 10.0. The Labute approximate surface area is 206 Å². The van der Waals surface area contributed by atoms with Crippen molar-refractivity contribution in [1.82, 2.24) is 9.38 Å². The minimum atomic E-state index is 0.0347. The van der Waals surface area contributed by atoms with E-state index >= 15 is 0 Å². The zero-order chi connectivity index (χ0) is 24.4. The smallest absolute Gasteiger partial charge is 0.233 e. The van der Waals surface area contributed by atoms with Crippen molar-refractivity contribution in [1.29, 1.82) is 0 Å². The van der Waals surface area contributed by atoms with E-state index in [-0.39, 0.29) is 12.3 Å². The maximum absolute atomic E-state index is 13.9. The zero-order valence-electron chi connectivity index (χ0n) is 20.4. The molecule has 0 unspecified atom stereocenters. The van der Waals surface area contributed by atoms with Crippen LogP contribution in [0, 0.1) is 20.8 Å². The van der Waals surface area contributed by atoms with E-state index in [4.69, 9.17) is 4.98 Å². The third-order valence-corrected chi connectivity index (χ3v) is 6.53. The van der Waals surface area contributed by atoms with Crippen LogP contribution in [-0.2, 0) is 17.8 Å². The molecule has 0 saturated heterocycles. The molecule has 2 heterocycles. The highest BCUT2D eigenvalue weighted by Gasteiger charge is 2.22. The lowest BCUT2D eigenvalue weighted by Gasteiger charge is -2.23. The van der Waals surface area contributed by atoms with E-state index in [1.807, 2.05) is 59.6 Å². The van der Waals surface area contributed by atoms with Crippen molar-refractivity contribution in [3.8, 4) is 11.3 Å². The molecule has 0 spiro atoms. The molecule has 0 N–H and O–H groups in total. The average molecular weight is 460 g/mol. The van der Waals surface area contributed by atoms with Crippen molar-refractivity contribution in [2.45, 2.75) is 33.7 Å². The zero-order valence-corrected chi connectivity index (χ0v) is 20.4. The predicted molar refractivity (Wildman–Crippen MR) is 143 cm³/mol. The molecule has 3 aromatic carbocycles. The van der Waals surface area contributed by atoms with E-state index in [0.717, 1.165) is 39.4 Å². The Morgan fingerprint density at radius 3 is 2.26 bits per heavy atom. The topological polar surface area (TPSA) is 37.6 Å². The van der Waals surface area contributed by atoms with Crippen LogP contribution in [-0.4, -0.2) is 15.3 Å². The van der Waals surface area contributed by atoms with Crippen LogP contribution >= 0.6 is 0 Å². The van der Waals surface area contributed by atoms with Crippen molar-refractivity contribution in [2.75, 3.05) is 4.90 Å². The lowest BCUT2D eigenvalue weighted by molar-refractivity contribution is -0.118. The number of anilines is 1. The number of amides is 1. The van der Waals surface area contributed by atoms with Gasteiger partial charge in [0.15, 0.2) is 0 Å². The number of hydrogen-bond acceptors (Lipinski definition) is 2. The Hall–Kier alpha value is -4.18. The first kappa shape index (κ1) is 22.6. The van der Waals surface area contributed by atoms with Crippen LogP contribution in [0.2, 0.25) is 0 Å². The van der Waals surface area contributed by atoms with Gasteiger partial charge >= 0.3 is 0 Å². The van der Waals surface area contributed by atoms with Crippen molar-refractivity contribution in [2.24, 2.45) is 0 Å². The standard InChI is InChI=1S/C31H29N3O/c1-22-16-17-33-28(31(32-29(33)18-22)26-15-14-23(2)24(3)19-26)20-30(35)34(27-12-8-5-9-13-27)21-25-10-6-4-7-11-25/h4-19H,20-21H2,1-3H3. The summed E-state index contributed by atoms with van der Waals surface area (Å²) in [6.07, 6.45) is 2.27. The van der Waals surface area contributed by atoms with Crippen molar-refractivity contribution in [3.63, 3.8) is 0 Å². The summed E-state index contributed by atoms with van der Waals surface area (Å²) in [6, 6.07) is 30.5. The Bertz CT molecular complexity index is 1490. The highest BCUT2D eigenvalue weighted by molar-refractivity contribution is 5.95. The maximum Gasteiger partial charge on any atom is 0.233 e. The molecule has 0 atom stereocenters. The van der Waals surface area contributed by atoms with Gasteiger partial charge in [0.2, 0.25) is 5.91 Å². The molecule has 0 saturated carbocycles. The molecule has 1 amide bonds. The summed E-state index contributed by atoms with van der Waals surface area (Å²) < 4.78 is 2.06. The van der Waals surface area contributed by atoms with Crippen LogP contribution in [0.1, 0.15) is 27.9 Å². The van der Waals surface area contributed by atoms with Gasteiger partial charge in [0.25, 0.3) is 0 Å². The largest absolute Gasteiger partial charge is 0.308 e. The normalized spacial score (nSPS) is 11.1. The Morgan fingerprint density at radius 2 is 1.54 bits per heavy atom. The van der Waals surface area contributed by atoms with Gasteiger partial charge in [-0.05, 0) is 73.4 Å². The molecule has 5 aromatic rings. The maximum atomic E-state index is 13.9. The van der Waals surface area contributed by atoms with E-state index in [0.29, 0.717) is 6.54 Å². The third-order valence-electron chi connectivity index (χ3n) is 6.53. The fraction of sp³-hybridized carbons (Fsp3) is 0.161. The van der Waals surface area contributed by atoms with Crippen molar-refractivity contribution >= 4 is 17.2 Å². The fourth-order valence-corrected chi connectivity index (χ4v) is 4.42. The van der Waals surface area contributed by atoms with Gasteiger partial charge in [-0.2, -0.15) is 0 Å². The highest BCUT2D eigenvalue weighted by atomic mass is 16.2. The summed E-state index contributed by atoms with van der Waals surface area (Å²) in [4.78, 5) is 20.8. The monoisotopic (exact) mass is 459 g/mol. The molecule has 35 heavy (non-hydrogen) atoms. The number of hydrogen-bond donors (Lipinski definition) is 0. The number of aryl methyl sites for hydroxylation is 3. The van der Waals surface area contributed by atoms with Crippen LogP contribution < -0.4 is 4.90 Å². The lowest BCUT2D eigenvalue weighted by Crippen LogP contribution is -2.32. The van der Waals surface area contributed by atoms with E-state index in [9.17, 15) is 4.79 Å². The van der Waals surface area contributed by atoms with E-state index in [2.05, 4.69) is 67.6 Å². The van der Waals surface area contributed by atoms with Gasteiger partial charge in [-0.3, -0.25) is 4.79 Å². The van der Waals surface area contributed by atoms with Crippen LogP contribution in [0.5, 0.6) is 0 Å². The number of nitrogens with zero attached hydrogens (tertiary/aromatic N) is 3. The molecule has 5 rings (SSSR count). The predicted octanol–water partition coefficient (Wildman–Crippen LogP) is 6.70. The summed E-state index contributed by atoms with van der Waals surface area (Å²) in [5.74, 6) is 0.0347. The van der Waals surface area contributed by atoms with Crippen molar-refractivity contribution < 1.29 is 4.79 Å². The van der Waals surface area contributed by atoms with Crippen LogP contribution in [0.15, 0.2) is 97.2 Å². The number of aromatic nitrogens is 2. The molecule has 0 bridgehead atoms. The van der Waals surface area contributed by atoms with Gasteiger partial charge in [0.05, 0.1) is 24.4 Å². The number of para-hydroxylation sites is 1. The minimum Gasteiger partial charge on any atom is -0.308 e. The van der Waals surface area contributed by atoms with Gasteiger partial charge in [-0.25, -0.2) is 4.98 Å². The number of pyridine rings is 1. The van der Waals surface area contributed by atoms with Crippen LogP contribution in [0.25, 0.3) is 16.9 Å². The van der Waals surface area contributed by atoms with Gasteiger partial charge in [0.1, 0.15) is 5.65 Å². The molecule has 0 aliphatic heterocycles. The van der Waals surface area contributed by atoms with E-state index in [1.165, 1.54) is 11.1 Å². The summed E-state index contributed by atoms with van der Waals surface area (Å²) in [7, 11) is 0. The van der Waals surface area contributed by atoms with Crippen molar-refractivity contribution in [3.05, 3.63) is 125 Å². The number of carbonyl (C=O) groups excluding carboxylic acids is 1. The fourth-order valence-electron chi connectivity index (χ4n) is 4.42. The number of imidazole rings is 1. The van der Waals surface area contributed by atoms with Gasteiger partial charge in [-0.15, -0.1) is 0 Å². The summed E-state index contributed by atoms with van der Waals surface area (Å²) in [6.45, 7) is 6.79. The Kier molecular flexibility index (Phi) is 6.19. The molecule has 0 radical (unpaired) electrons. The first-order valence-corrected chi connectivity index (χ1v) is 11.9. The Balaban J connectivity index is 1.58. The van der Waals surface area contributed by atoms with Crippen LogP contribution in [0.4, 0.5) is 5.69 Å². The SMILES string of the molecule is Cc1ccn2c(CC(=O)N(Cc3ccccc3)c3ccccc3)c(-c3ccc(C)c(C)c3)nc2c1.